The van der Waals surface area contributed by atoms with Crippen molar-refractivity contribution in [2.45, 2.75) is 31.4 Å². The third kappa shape index (κ3) is 1.99. The van der Waals surface area contributed by atoms with Crippen molar-refractivity contribution < 1.29 is 5.11 Å². The van der Waals surface area contributed by atoms with E-state index >= 15 is 0 Å². The Morgan fingerprint density at radius 3 is 2.12 bits per heavy atom. The highest BCUT2D eigenvalue weighted by atomic mass is 35.5. The zero-order valence-corrected chi connectivity index (χ0v) is 5.53. The summed E-state index contributed by atoms with van der Waals surface area (Å²) in [7, 11) is 0. The van der Waals surface area contributed by atoms with Gasteiger partial charge in [0.25, 0.3) is 0 Å². The van der Waals surface area contributed by atoms with Crippen LogP contribution < -0.4 is 5.73 Å². The lowest BCUT2D eigenvalue weighted by Crippen LogP contribution is -2.15. The molecular formula is C5H12ClNO. The number of rotatable bonds is 0. The van der Waals surface area contributed by atoms with Gasteiger partial charge in [-0.05, 0) is 19.3 Å². The lowest BCUT2D eigenvalue weighted by Gasteiger charge is -1.96. The largest absolute Gasteiger partial charge is 0.393 e. The molecule has 0 saturated heterocycles. The Kier molecular flexibility index (Phi) is 3.36. The lowest BCUT2D eigenvalue weighted by molar-refractivity contribution is 0.181. The second-order valence-electron chi connectivity index (χ2n) is 2.23. The zero-order valence-electron chi connectivity index (χ0n) is 4.71. The Labute approximate surface area is 55.5 Å². The quantitative estimate of drug-likeness (QED) is 0.504. The topological polar surface area (TPSA) is 46.2 Å². The molecule has 0 aliphatic heterocycles. The molecule has 1 aliphatic rings. The molecule has 0 radical (unpaired) electrons. The number of nitrogens with two attached hydrogens (primary N) is 1. The molecule has 3 N–H and O–H groups in total. The van der Waals surface area contributed by atoms with Crippen molar-refractivity contribution >= 4 is 12.4 Å². The maximum atomic E-state index is 8.82. The smallest absolute Gasteiger partial charge is 0.0555 e. The predicted octanol–water partition coefficient (Wildman–Crippen LogP) is 0.280. The molecule has 0 aromatic carbocycles. The van der Waals surface area contributed by atoms with Crippen molar-refractivity contribution in [3.63, 3.8) is 0 Å². The summed E-state index contributed by atoms with van der Waals surface area (Å²) in [4.78, 5) is 0. The van der Waals surface area contributed by atoms with E-state index in [4.69, 9.17) is 10.8 Å². The van der Waals surface area contributed by atoms with E-state index < -0.39 is 0 Å². The van der Waals surface area contributed by atoms with Gasteiger partial charge in [-0.25, -0.2) is 0 Å². The molecule has 3 heteroatoms. The van der Waals surface area contributed by atoms with Crippen molar-refractivity contribution in [1.82, 2.24) is 0 Å². The summed E-state index contributed by atoms with van der Waals surface area (Å²) in [6, 6.07) is 0.273. The van der Waals surface area contributed by atoms with Gasteiger partial charge in [-0.3, -0.25) is 0 Å². The maximum absolute atomic E-state index is 8.82. The Balaban J connectivity index is 0.000000490. The summed E-state index contributed by atoms with van der Waals surface area (Å²) >= 11 is 0. The van der Waals surface area contributed by atoms with Crippen LogP contribution in [0.25, 0.3) is 0 Å². The maximum Gasteiger partial charge on any atom is 0.0555 e. The standard InChI is InChI=1S/C5H11NO.ClH/c6-4-1-2-5(7)3-4;/h4-5,7H,1-3,6H2;1H/t4-,5-;/m1./s1. The van der Waals surface area contributed by atoms with E-state index in [0.717, 1.165) is 19.3 Å². The number of hydrogen-bond acceptors (Lipinski definition) is 2. The van der Waals surface area contributed by atoms with Crippen molar-refractivity contribution in [2.75, 3.05) is 0 Å². The molecule has 50 valence electrons. The first-order valence-electron chi connectivity index (χ1n) is 2.72. The SMILES string of the molecule is Cl.N[C@@H]1CC[C@@H](O)C1. The average molecular weight is 138 g/mol. The van der Waals surface area contributed by atoms with Crippen LogP contribution in [0.3, 0.4) is 0 Å². The zero-order chi connectivity index (χ0) is 5.28. The molecule has 8 heavy (non-hydrogen) atoms. The van der Waals surface area contributed by atoms with Gasteiger partial charge in [0.15, 0.2) is 0 Å². The molecule has 0 amide bonds. The molecule has 0 aromatic rings. The Morgan fingerprint density at radius 2 is 2.00 bits per heavy atom. The summed E-state index contributed by atoms with van der Waals surface area (Å²) in [6.07, 6.45) is 2.61. The number of aliphatic hydroxyl groups excluding tert-OH is 1. The third-order valence-electron chi connectivity index (χ3n) is 1.45. The van der Waals surface area contributed by atoms with Crippen LogP contribution in [-0.2, 0) is 0 Å². The van der Waals surface area contributed by atoms with Gasteiger partial charge in [-0.2, -0.15) is 0 Å². The van der Waals surface area contributed by atoms with Crippen molar-refractivity contribution in [1.29, 1.82) is 0 Å². The van der Waals surface area contributed by atoms with Gasteiger partial charge in [-0.15, -0.1) is 12.4 Å². The van der Waals surface area contributed by atoms with Gasteiger partial charge in [-0.1, -0.05) is 0 Å². The first-order chi connectivity index (χ1) is 3.29. The van der Waals surface area contributed by atoms with Crippen LogP contribution >= 0.6 is 12.4 Å². The minimum absolute atomic E-state index is 0. The van der Waals surface area contributed by atoms with E-state index in [2.05, 4.69) is 0 Å². The molecule has 2 atom stereocenters. The average Bonchev–Trinajstić information content (AvgIpc) is 1.87. The Bertz CT molecular complexity index is 61.4. The van der Waals surface area contributed by atoms with E-state index in [1.54, 1.807) is 0 Å². The van der Waals surface area contributed by atoms with Gasteiger partial charge in [0.1, 0.15) is 0 Å². The van der Waals surface area contributed by atoms with Gasteiger partial charge in [0.05, 0.1) is 6.10 Å². The van der Waals surface area contributed by atoms with Crippen LogP contribution in [0.4, 0.5) is 0 Å². The number of hydrogen-bond donors (Lipinski definition) is 2. The molecule has 0 unspecified atom stereocenters. The first-order valence-corrected chi connectivity index (χ1v) is 2.72. The minimum atomic E-state index is -0.102. The highest BCUT2D eigenvalue weighted by Gasteiger charge is 2.18. The fourth-order valence-electron chi connectivity index (χ4n) is 0.992. The lowest BCUT2D eigenvalue weighted by atomic mass is 10.3. The first kappa shape index (κ1) is 8.21. The van der Waals surface area contributed by atoms with E-state index in [9.17, 15) is 0 Å². The molecule has 1 fully saturated rings. The Morgan fingerprint density at radius 1 is 1.38 bits per heavy atom. The number of halogens is 1. The van der Waals surface area contributed by atoms with Gasteiger partial charge >= 0.3 is 0 Å². The van der Waals surface area contributed by atoms with Crippen molar-refractivity contribution in [3.8, 4) is 0 Å². The number of aliphatic hydroxyl groups is 1. The molecule has 0 heterocycles. The molecule has 0 aromatic heterocycles. The summed E-state index contributed by atoms with van der Waals surface area (Å²) < 4.78 is 0. The molecule has 1 aliphatic carbocycles. The normalized spacial score (nSPS) is 36.8. The summed E-state index contributed by atoms with van der Waals surface area (Å²) in [5.41, 5.74) is 5.47. The Hall–Kier alpha value is 0.210. The minimum Gasteiger partial charge on any atom is -0.393 e. The van der Waals surface area contributed by atoms with Crippen LogP contribution in [0, 0.1) is 0 Å². The second kappa shape index (κ2) is 3.28. The summed E-state index contributed by atoms with van der Waals surface area (Å²) in [6.45, 7) is 0. The van der Waals surface area contributed by atoms with E-state index in [-0.39, 0.29) is 24.6 Å². The third-order valence-corrected chi connectivity index (χ3v) is 1.45. The molecule has 1 saturated carbocycles. The summed E-state index contributed by atoms with van der Waals surface area (Å²) in [5, 5.41) is 8.82. The fraction of sp³-hybridized carbons (Fsp3) is 1.00. The second-order valence-corrected chi connectivity index (χ2v) is 2.23. The molecular weight excluding hydrogens is 126 g/mol. The van der Waals surface area contributed by atoms with Crippen LogP contribution in [0.15, 0.2) is 0 Å². The highest BCUT2D eigenvalue weighted by Crippen LogP contribution is 2.15. The van der Waals surface area contributed by atoms with E-state index in [1.807, 2.05) is 0 Å². The van der Waals surface area contributed by atoms with Crippen LogP contribution in [0.1, 0.15) is 19.3 Å². The van der Waals surface area contributed by atoms with Crippen molar-refractivity contribution in [2.24, 2.45) is 5.73 Å². The highest BCUT2D eigenvalue weighted by molar-refractivity contribution is 5.85. The fourth-order valence-corrected chi connectivity index (χ4v) is 0.992. The van der Waals surface area contributed by atoms with Crippen molar-refractivity contribution in [3.05, 3.63) is 0 Å². The van der Waals surface area contributed by atoms with Crippen LogP contribution in [0.2, 0.25) is 0 Å². The predicted molar refractivity (Wildman–Crippen MR) is 35.1 cm³/mol. The molecule has 2 nitrogen and oxygen atoms in total. The molecule has 0 spiro atoms. The van der Waals surface area contributed by atoms with E-state index in [0.29, 0.717) is 0 Å². The summed E-state index contributed by atoms with van der Waals surface area (Å²) in [5.74, 6) is 0. The van der Waals surface area contributed by atoms with Crippen LogP contribution in [0.5, 0.6) is 0 Å². The van der Waals surface area contributed by atoms with Gasteiger partial charge in [0.2, 0.25) is 0 Å². The molecule has 0 bridgehead atoms. The van der Waals surface area contributed by atoms with Gasteiger partial charge < -0.3 is 10.8 Å². The molecule has 1 rings (SSSR count). The van der Waals surface area contributed by atoms with Crippen LogP contribution in [-0.4, -0.2) is 17.3 Å². The van der Waals surface area contributed by atoms with E-state index in [1.165, 1.54) is 0 Å². The van der Waals surface area contributed by atoms with Gasteiger partial charge in [0, 0.05) is 6.04 Å². The monoisotopic (exact) mass is 137 g/mol.